The number of nitrogen functional groups attached to an aromatic ring is 1. The largest absolute Gasteiger partial charge is 0.439 e. The number of alkyl halides is 6. The summed E-state index contributed by atoms with van der Waals surface area (Å²) in [6.45, 7) is 1.67. The molecule has 0 radical (unpaired) electrons. The van der Waals surface area contributed by atoms with E-state index in [2.05, 4.69) is 9.84 Å². The molecule has 1 heterocycles. The van der Waals surface area contributed by atoms with Gasteiger partial charge >= 0.3 is 12.3 Å². The van der Waals surface area contributed by atoms with Crippen molar-refractivity contribution in [2.75, 3.05) is 5.73 Å². The Morgan fingerprint density at radius 3 is 2.26 bits per heavy atom. The maximum absolute atomic E-state index is 13.2. The van der Waals surface area contributed by atoms with Crippen molar-refractivity contribution in [2.45, 2.75) is 25.4 Å². The van der Waals surface area contributed by atoms with Crippen LogP contribution in [0.4, 0.5) is 32.2 Å². The number of hydrogen-bond acceptors (Lipinski definition) is 4. The van der Waals surface area contributed by atoms with Gasteiger partial charge in [0.25, 0.3) is 11.7 Å². The highest BCUT2D eigenvalue weighted by Crippen LogP contribution is 2.36. The first-order chi connectivity index (χ1) is 12.4. The lowest BCUT2D eigenvalue weighted by Gasteiger charge is -2.23. The number of aryl methyl sites for hydroxylation is 1. The third-order valence-corrected chi connectivity index (χ3v) is 3.22. The molecule has 2 N–H and O–H groups in total. The van der Waals surface area contributed by atoms with E-state index in [0.29, 0.717) is 11.1 Å². The zero-order valence-electron chi connectivity index (χ0n) is 13.7. The van der Waals surface area contributed by atoms with E-state index < -0.39 is 29.8 Å². The predicted molar refractivity (Wildman–Crippen MR) is 85.8 cm³/mol. The molecule has 0 aliphatic carbocycles. The second-order valence-corrected chi connectivity index (χ2v) is 5.49. The van der Waals surface area contributed by atoms with Crippen molar-refractivity contribution >= 4 is 12.0 Å². The molecule has 0 fully saturated rings. The summed E-state index contributed by atoms with van der Waals surface area (Å²) in [4.78, 5) is 11.8. The number of anilines is 1. The lowest BCUT2D eigenvalue weighted by atomic mass is 10.2. The van der Waals surface area contributed by atoms with E-state index in [1.807, 2.05) is 0 Å². The van der Waals surface area contributed by atoms with Crippen LogP contribution in [-0.2, 0) is 0 Å². The molecule has 1 aromatic carbocycles. The van der Waals surface area contributed by atoms with Gasteiger partial charge in [0, 0.05) is 6.07 Å². The minimum Gasteiger partial charge on any atom is -0.430 e. The predicted octanol–water partition coefficient (Wildman–Crippen LogP) is 3.49. The van der Waals surface area contributed by atoms with E-state index in [9.17, 15) is 31.1 Å². The minimum atomic E-state index is -5.77. The number of halogens is 6. The van der Waals surface area contributed by atoms with E-state index in [0.717, 1.165) is 16.8 Å². The van der Waals surface area contributed by atoms with Gasteiger partial charge in [-0.2, -0.15) is 31.7 Å². The van der Waals surface area contributed by atoms with Gasteiger partial charge in [-0.15, -0.1) is 0 Å². The Hall–Kier alpha value is -2.98. The van der Waals surface area contributed by atoms with Crippen LogP contribution in [0.1, 0.15) is 11.1 Å². The lowest BCUT2D eigenvalue weighted by molar-refractivity contribution is -0.304. The maximum Gasteiger partial charge on any atom is 0.439 e. The number of hydrogen-bond donors (Lipinski definition) is 1. The van der Waals surface area contributed by atoms with Crippen LogP contribution >= 0.6 is 0 Å². The van der Waals surface area contributed by atoms with Crippen LogP contribution in [0.2, 0.25) is 0 Å². The topological polar surface area (TPSA) is 69.6 Å². The summed E-state index contributed by atoms with van der Waals surface area (Å²) in [6.07, 6.45) is -14.2. The first-order valence-electron chi connectivity index (χ1n) is 7.31. The first-order valence-corrected chi connectivity index (χ1v) is 7.31. The quantitative estimate of drug-likeness (QED) is 0.625. The fraction of sp³-hybridized carbons (Fsp3) is 0.250. The SMILES string of the molecule is Cc1cc(N)n(/N=C\c2ccc(OC(F)(F)[C@H](F)C(F)(F)F)cc2)c(=O)c1. The van der Waals surface area contributed by atoms with Gasteiger partial charge in [0.05, 0.1) is 6.21 Å². The molecule has 0 saturated carbocycles. The van der Waals surface area contributed by atoms with E-state index in [4.69, 9.17) is 5.73 Å². The summed E-state index contributed by atoms with van der Waals surface area (Å²) in [7, 11) is 0. The van der Waals surface area contributed by atoms with Crippen LogP contribution < -0.4 is 16.0 Å². The van der Waals surface area contributed by atoms with E-state index in [1.54, 1.807) is 6.92 Å². The molecule has 1 atom stereocenters. The maximum atomic E-state index is 13.2. The molecular formula is C16H13F6N3O2. The number of nitrogens with zero attached hydrogens (tertiary/aromatic N) is 2. The number of rotatable bonds is 5. The summed E-state index contributed by atoms with van der Waals surface area (Å²) >= 11 is 0. The average molecular weight is 393 g/mol. The van der Waals surface area contributed by atoms with Gasteiger partial charge < -0.3 is 10.5 Å². The lowest BCUT2D eigenvalue weighted by Crippen LogP contribution is -2.45. The zero-order valence-corrected chi connectivity index (χ0v) is 13.7. The molecule has 0 bridgehead atoms. The molecule has 0 amide bonds. The van der Waals surface area contributed by atoms with E-state index in [1.165, 1.54) is 30.5 Å². The van der Waals surface area contributed by atoms with Gasteiger partial charge in [-0.05, 0) is 48.4 Å². The van der Waals surface area contributed by atoms with Gasteiger partial charge in [0.1, 0.15) is 11.6 Å². The van der Waals surface area contributed by atoms with E-state index in [-0.39, 0.29) is 5.82 Å². The highest BCUT2D eigenvalue weighted by Gasteiger charge is 2.59. The number of aromatic nitrogens is 1. The highest BCUT2D eigenvalue weighted by molar-refractivity contribution is 5.79. The van der Waals surface area contributed by atoms with Crippen LogP contribution in [0, 0.1) is 6.92 Å². The molecule has 2 rings (SSSR count). The standard InChI is InChI=1S/C16H13F6N3O2/c1-9-6-12(23)25(13(26)7-9)24-8-10-2-4-11(5-3-10)27-16(21,22)14(17)15(18,19)20/h2-8,14H,23H2,1H3/b24-8-/t14-/m1/s1. The van der Waals surface area contributed by atoms with Crippen molar-refractivity contribution in [1.29, 1.82) is 0 Å². The van der Waals surface area contributed by atoms with Crippen LogP contribution in [-0.4, -0.2) is 29.3 Å². The molecule has 0 aliphatic heterocycles. The third-order valence-electron chi connectivity index (χ3n) is 3.22. The molecular weight excluding hydrogens is 380 g/mol. The summed E-state index contributed by atoms with van der Waals surface area (Å²) in [5.41, 5.74) is 6.10. The molecule has 0 saturated heterocycles. The third kappa shape index (κ3) is 5.02. The van der Waals surface area contributed by atoms with Crippen molar-refractivity contribution in [3.05, 3.63) is 57.9 Å². The average Bonchev–Trinajstić information content (AvgIpc) is 2.53. The number of pyridine rings is 1. The Balaban J connectivity index is 2.15. The van der Waals surface area contributed by atoms with Gasteiger partial charge in [-0.25, -0.2) is 4.39 Å². The van der Waals surface area contributed by atoms with E-state index >= 15 is 0 Å². The Kier molecular flexibility index (Phi) is 5.52. The fourth-order valence-electron chi connectivity index (χ4n) is 1.99. The second kappa shape index (κ2) is 7.33. The Labute approximate surface area is 148 Å². The summed E-state index contributed by atoms with van der Waals surface area (Å²) in [6, 6.07) is 6.95. The van der Waals surface area contributed by atoms with Crippen LogP contribution in [0.25, 0.3) is 0 Å². The van der Waals surface area contributed by atoms with Crippen molar-refractivity contribution in [1.82, 2.24) is 4.68 Å². The normalized spacial score (nSPS) is 13.7. The molecule has 5 nitrogen and oxygen atoms in total. The summed E-state index contributed by atoms with van der Waals surface area (Å²) in [5.74, 6) is -0.618. The summed E-state index contributed by atoms with van der Waals surface area (Å²) in [5, 5.41) is 3.84. The number of ether oxygens (including phenoxy) is 1. The van der Waals surface area contributed by atoms with Gasteiger partial charge in [0.15, 0.2) is 0 Å². The smallest absolute Gasteiger partial charge is 0.430 e. The molecule has 11 heteroatoms. The zero-order chi connectivity index (χ0) is 20.4. The highest BCUT2D eigenvalue weighted by atomic mass is 19.4. The van der Waals surface area contributed by atoms with Crippen LogP contribution in [0.5, 0.6) is 5.75 Å². The molecule has 0 spiro atoms. The van der Waals surface area contributed by atoms with Crippen molar-refractivity contribution in [3.63, 3.8) is 0 Å². The fourth-order valence-corrected chi connectivity index (χ4v) is 1.99. The molecule has 27 heavy (non-hydrogen) atoms. The minimum absolute atomic E-state index is 0.0667. The monoisotopic (exact) mass is 393 g/mol. The van der Waals surface area contributed by atoms with Crippen molar-refractivity contribution in [2.24, 2.45) is 5.10 Å². The van der Waals surface area contributed by atoms with Gasteiger partial charge in [-0.1, -0.05) is 0 Å². The first kappa shape index (κ1) is 20.3. The van der Waals surface area contributed by atoms with Crippen LogP contribution in [0.3, 0.4) is 0 Å². The molecule has 0 aliphatic rings. The Morgan fingerprint density at radius 1 is 1.15 bits per heavy atom. The molecule has 146 valence electrons. The second-order valence-electron chi connectivity index (χ2n) is 5.49. The Morgan fingerprint density at radius 2 is 1.74 bits per heavy atom. The van der Waals surface area contributed by atoms with Crippen molar-refractivity contribution in [3.8, 4) is 5.75 Å². The van der Waals surface area contributed by atoms with Crippen molar-refractivity contribution < 1.29 is 31.1 Å². The van der Waals surface area contributed by atoms with Gasteiger partial charge in [-0.3, -0.25) is 4.79 Å². The van der Waals surface area contributed by atoms with Gasteiger partial charge in [0.2, 0.25) is 0 Å². The molecule has 1 aromatic heterocycles. The molecule has 0 unspecified atom stereocenters. The number of nitrogens with two attached hydrogens (primary N) is 1. The Bertz CT molecular complexity index is 891. The number of benzene rings is 1. The molecule has 2 aromatic rings. The van der Waals surface area contributed by atoms with Crippen LogP contribution in [0.15, 0.2) is 46.3 Å². The summed E-state index contributed by atoms with van der Waals surface area (Å²) < 4.78 is 80.1.